The standard InChI is InChI=1S/C62H90N13O14P.C19H27Cl2N3O4S.CN.Co/c1-29-20-39-40(21-30(29)2)75(28-70-39)57-52(84)53(41(27-76)87-57)89-90(85,86)88-31(3)26-69-49(83)18-19-59(8)37(22-46(66)80)56-62(11)61(10,25-48(68)82)36(14-17-45(65)79)51(74-62)33(5)55-60(9,24-47(67)81)34(12-15-43(63)77)38(71-55)23-42-58(6,7)35(13-16-44(64)78)50(72-42)32(4)54(59)73-56;1-22-11-13-12-23(6-7-28-2)19(25)18-5-3-4-17(13)24(18)29(26,27)16-9-14(20)8-15(21)10-16;1-2;/h20-21,23,28,31,34-37,41,52-53,56-57,76,84H,12-19,22,24-27H2,1-11H3,(H15,63,64,65,66,67,68,69,71,72,73,74,77,78,79,80,81,82,83,85,86);8-10,13,17-18,22H,3-7,11-12H2,1-2H3;;/q;;-1;+3/p-2/t31?,34-,35-,36-,37+,41-,52-,53-,56-,57+,59-,60+,61+,62+;13-,17+,18-;;/m10../s1. The molecule has 10 bridgehead atoms. The van der Waals surface area contributed by atoms with Crippen LogP contribution in [0.5, 0.6) is 0 Å². The van der Waals surface area contributed by atoms with Gasteiger partial charge in [-0.3, -0.25) is 57.9 Å². The maximum Gasteiger partial charge on any atom is 3.00 e. The number of amides is 8. The summed E-state index contributed by atoms with van der Waals surface area (Å²) in [5, 5.41) is 40.0. The number of nitrogens with zero attached hydrogens (tertiary/aromatic N) is 9. The number of carbonyl (C=O) groups excluding carboxylic acids is 8. The predicted molar refractivity (Wildman–Crippen MR) is 449 cm³/mol. The van der Waals surface area contributed by atoms with Crippen LogP contribution in [0.4, 0.5) is 0 Å². The maximum atomic E-state index is 14.4. The molecule has 8 amide bonds. The fourth-order valence-corrected chi connectivity index (χ4v) is 23.5. The van der Waals surface area contributed by atoms with Gasteiger partial charge in [-0.2, -0.15) is 10.0 Å². The van der Waals surface area contributed by atoms with Crippen molar-refractivity contribution in [3.05, 3.63) is 104 Å². The second kappa shape index (κ2) is 39.7. The number of hydrogen-bond acceptors (Lipinski definition) is 24. The molecule has 4 saturated heterocycles. The number of sulfonamides is 1. The molecule has 122 heavy (non-hydrogen) atoms. The van der Waals surface area contributed by atoms with E-state index >= 15 is 0 Å². The molecule has 8 aliphatic heterocycles. The minimum atomic E-state index is -5.32. The van der Waals surface area contributed by atoms with Gasteiger partial charge in [0.25, 0.3) is 7.82 Å². The van der Waals surface area contributed by atoms with Crippen molar-refractivity contribution >= 4 is 116 Å². The van der Waals surface area contributed by atoms with Gasteiger partial charge in [0.2, 0.25) is 57.3 Å². The topological polar surface area (TPSA) is 568 Å². The van der Waals surface area contributed by atoms with Crippen molar-refractivity contribution in [3.8, 4) is 0 Å². The van der Waals surface area contributed by atoms with E-state index in [1.54, 1.807) is 18.9 Å². The van der Waals surface area contributed by atoms with Crippen LogP contribution >= 0.6 is 31.0 Å². The smallest absolute Gasteiger partial charge is 0.756 e. The molecular formula is C82H115Cl2CoN17O18PS. The predicted octanol–water partition coefficient (Wildman–Crippen LogP) is 5.64. The Labute approximate surface area is 732 Å². The zero-order valence-corrected chi connectivity index (χ0v) is 75.3. The van der Waals surface area contributed by atoms with Crippen LogP contribution in [0, 0.1) is 76.9 Å². The van der Waals surface area contributed by atoms with Crippen molar-refractivity contribution in [1.82, 2.24) is 29.4 Å². The Morgan fingerprint density at radius 1 is 0.820 bits per heavy atom. The monoisotopic (exact) mass is 1820 g/mol. The van der Waals surface area contributed by atoms with E-state index in [0.717, 1.165) is 17.5 Å². The summed E-state index contributed by atoms with van der Waals surface area (Å²) in [5.74, 6) is -7.60. The number of phosphoric ester groups is 1. The average Bonchev–Trinajstić information content (AvgIpc) is 1.52. The van der Waals surface area contributed by atoms with Gasteiger partial charge in [0.1, 0.15) is 24.4 Å². The number of piperidine rings is 1. The van der Waals surface area contributed by atoms with Crippen molar-refractivity contribution in [1.29, 1.82) is 5.26 Å². The van der Waals surface area contributed by atoms with E-state index in [9.17, 15) is 66.4 Å². The second-order valence-corrected chi connectivity index (χ2v) is 38.6. The fraction of sp³-hybridized carbons (Fsp3) is 0.622. The number of imidazole rings is 1. The molecule has 18 atom stereocenters. The third-order valence-electron chi connectivity index (χ3n) is 26.1. The molecule has 35 nitrogen and oxygen atoms in total. The first-order chi connectivity index (χ1) is 56.6. The first-order valence-corrected chi connectivity index (χ1v) is 44.1. The average molecular weight is 1820 g/mol. The third-order valence-corrected chi connectivity index (χ3v) is 29.6. The number of fused-ring (bicyclic) bond motifs is 9. The number of primary amides is 6. The Hall–Kier alpha value is -7.90. The molecule has 16 N–H and O–H groups in total. The second-order valence-electron chi connectivity index (χ2n) is 34.5. The van der Waals surface area contributed by atoms with Gasteiger partial charge in [0, 0.05) is 163 Å². The van der Waals surface area contributed by atoms with Crippen LogP contribution in [0.3, 0.4) is 0 Å². The minimum Gasteiger partial charge on any atom is -0.756 e. The summed E-state index contributed by atoms with van der Waals surface area (Å²) < 4.78 is 65.8. The summed E-state index contributed by atoms with van der Waals surface area (Å²) in [6.45, 7) is 25.7. The summed E-state index contributed by atoms with van der Waals surface area (Å²) in [4.78, 5) is 143. The number of phosphoric acid groups is 1. The van der Waals surface area contributed by atoms with Crippen LogP contribution in [-0.4, -0.2) is 203 Å². The molecule has 11 rings (SSSR count). The molecule has 1 aromatic heterocycles. The Morgan fingerprint density at radius 3 is 2.01 bits per heavy atom. The van der Waals surface area contributed by atoms with E-state index in [2.05, 4.69) is 15.6 Å². The third kappa shape index (κ3) is 20.5. The van der Waals surface area contributed by atoms with Gasteiger partial charge in [-0.1, -0.05) is 70.3 Å². The normalized spacial score (nSPS) is 31.4. The van der Waals surface area contributed by atoms with Gasteiger partial charge in [-0.05, 0) is 163 Å². The fourth-order valence-electron chi connectivity index (χ4n) is 19.7. The van der Waals surface area contributed by atoms with Crippen molar-refractivity contribution in [2.45, 2.75) is 225 Å². The van der Waals surface area contributed by atoms with Crippen molar-refractivity contribution in [3.63, 3.8) is 0 Å². The minimum absolute atomic E-state index is 0. The van der Waals surface area contributed by atoms with Crippen LogP contribution in [0.25, 0.3) is 16.4 Å². The molecule has 670 valence electrons. The number of benzene rings is 2. The molecule has 40 heteroatoms. The van der Waals surface area contributed by atoms with E-state index in [1.807, 2.05) is 87.6 Å². The van der Waals surface area contributed by atoms with Crippen LogP contribution in [0.2, 0.25) is 10.0 Å². The molecule has 0 saturated carbocycles. The quantitative estimate of drug-likeness (QED) is 0.0260. The Balaban J connectivity index is 0.000000483. The number of nitrogens with two attached hydrogens (primary N) is 6. The van der Waals surface area contributed by atoms with E-state index in [1.165, 1.54) is 40.3 Å². The summed E-state index contributed by atoms with van der Waals surface area (Å²) in [5.41, 5.74) is 36.7. The SMILES string of the molecule is C/C1=C2N=C(/C=C3N=C(/C(C)=C4\[N-][C@@](C)([C@@H]5N=C1[C@](C)(CCC(=O)NCC(C)OP(=O)([O-])O[C@H]1[C@@H](O)[C@@H](n6cnc7cc(C)c(C)cc76)O[C@@H]1CO)[C@H]5CC(N)=O)[C@@](C)(CC(N)=O)[C@@H]4CCC(N)=O)[C@@](C)(CC(N)=O)[C@@H]\3CCC(N)=O)C(C)(C)[C@@H]/2CCC(N)=O.CNC[C@H]1CN(CCOC)C(=O)[C@@H]2CCC[C@H]1N2S(=O)(=O)c1cc(Cl)cc(Cl)c1.[C-]#N.[Co+3]. The van der Waals surface area contributed by atoms with Crippen LogP contribution < -0.4 is 49.9 Å². The van der Waals surface area contributed by atoms with Gasteiger partial charge < -0.3 is 105 Å². The van der Waals surface area contributed by atoms with E-state index in [0.29, 0.717) is 95.5 Å². The number of aliphatic imine (C=N–C) groups is 3. The molecule has 8 aliphatic rings. The summed E-state index contributed by atoms with van der Waals surface area (Å²) in [6, 6.07) is 5.93. The number of rotatable bonds is 33. The maximum absolute atomic E-state index is 14.4. The van der Waals surface area contributed by atoms with Gasteiger partial charge in [0.15, 0.2) is 6.23 Å². The first kappa shape index (κ1) is 99.5. The molecule has 2 aromatic carbocycles. The molecule has 0 spiro atoms. The van der Waals surface area contributed by atoms with Gasteiger partial charge >= 0.3 is 16.8 Å². The largest absolute Gasteiger partial charge is 3.00 e. The molecule has 2 unspecified atom stereocenters. The van der Waals surface area contributed by atoms with Crippen LogP contribution in [0.1, 0.15) is 170 Å². The molecule has 4 fully saturated rings. The molecule has 3 aromatic rings. The molecule has 0 aliphatic carbocycles. The summed E-state index contributed by atoms with van der Waals surface area (Å²) >= 11 is 12.1. The molecule has 9 heterocycles. The van der Waals surface area contributed by atoms with Crippen LogP contribution in [-0.2, 0) is 88.2 Å². The number of nitrogens with one attached hydrogen (secondary N) is 2. The Kier molecular flexibility index (Phi) is 32.4. The number of halogens is 2. The van der Waals surface area contributed by atoms with Gasteiger partial charge in [0.05, 0.1) is 41.6 Å². The number of ether oxygens (including phenoxy) is 2. The molecular weight excluding hydrogens is 1700 g/mol. The number of methoxy groups -OCH3 is 1. The zero-order valence-electron chi connectivity index (χ0n) is 71.0. The number of aromatic nitrogens is 2. The number of hydrogen-bond donors (Lipinski definition) is 10. The van der Waals surface area contributed by atoms with Crippen molar-refractivity contribution in [2.75, 3.05) is 53.6 Å². The van der Waals surface area contributed by atoms with E-state index in [4.69, 9.17) is 108 Å². The Morgan fingerprint density at radius 2 is 1.43 bits per heavy atom. The van der Waals surface area contributed by atoms with Crippen LogP contribution in [0.15, 0.2) is 90.8 Å². The van der Waals surface area contributed by atoms with Crippen molar-refractivity contribution in [2.24, 2.45) is 101 Å². The van der Waals surface area contributed by atoms with Gasteiger partial charge in [-0.15, -0.1) is 0 Å². The van der Waals surface area contributed by atoms with Gasteiger partial charge in [-0.25, -0.2) is 13.4 Å². The zero-order chi connectivity index (χ0) is 89.9. The summed E-state index contributed by atoms with van der Waals surface area (Å²) in [7, 11) is -5.85. The number of aliphatic hydroxyl groups is 2. The number of carbonyl (C=O) groups is 8. The number of aliphatic hydroxyl groups excluding tert-OH is 2. The summed E-state index contributed by atoms with van der Waals surface area (Å²) in [6.07, 6.45) is -2.77. The molecule has 0 radical (unpaired) electrons. The first-order valence-electron chi connectivity index (χ1n) is 40.4. The number of allylic oxidation sites excluding steroid dienone is 6. The van der Waals surface area contributed by atoms with E-state index in [-0.39, 0.29) is 127 Å². The van der Waals surface area contributed by atoms with Crippen molar-refractivity contribution < 1.29 is 102 Å². The Bertz CT molecular complexity index is 4910. The van der Waals surface area contributed by atoms with E-state index < -0.39 is 159 Å². The number of aryl methyl sites for hydroxylation is 2.